The smallest absolute Gasteiger partial charge is 0.314 e. The van der Waals surface area contributed by atoms with Crippen LogP contribution in [0.3, 0.4) is 0 Å². The van der Waals surface area contributed by atoms with Crippen LogP contribution in [0.1, 0.15) is 50.5 Å². The predicted octanol–water partition coefficient (Wildman–Crippen LogP) is 3.52. The predicted molar refractivity (Wildman–Crippen MR) is 79.0 cm³/mol. The van der Waals surface area contributed by atoms with Crippen molar-refractivity contribution in [2.24, 2.45) is 0 Å². The van der Waals surface area contributed by atoms with Gasteiger partial charge in [0.2, 0.25) is 0 Å². The maximum Gasteiger partial charge on any atom is 0.314 e. The van der Waals surface area contributed by atoms with E-state index < -0.39 is 11.4 Å². The van der Waals surface area contributed by atoms with E-state index in [-0.39, 0.29) is 6.10 Å². The van der Waals surface area contributed by atoms with E-state index in [2.05, 4.69) is 0 Å². The third kappa shape index (κ3) is 2.37. The molecule has 0 unspecified atom stereocenters. The number of carbonyl (C=O) groups is 1. The molecule has 0 amide bonds. The molecule has 0 spiro atoms. The molecule has 114 valence electrons. The van der Waals surface area contributed by atoms with E-state index in [0.717, 1.165) is 24.8 Å². The van der Waals surface area contributed by atoms with Crippen molar-refractivity contribution in [1.82, 2.24) is 0 Å². The third-order valence-corrected chi connectivity index (χ3v) is 4.92. The van der Waals surface area contributed by atoms with Crippen LogP contribution in [-0.2, 0) is 10.2 Å². The Hall–Kier alpha value is -1.71. The van der Waals surface area contributed by atoms with Gasteiger partial charge in [0.25, 0.3) is 0 Å². The number of rotatable bonds is 5. The van der Waals surface area contributed by atoms with Gasteiger partial charge in [0.1, 0.15) is 0 Å². The van der Waals surface area contributed by atoms with Crippen LogP contribution in [0.4, 0.5) is 0 Å². The van der Waals surface area contributed by atoms with Crippen molar-refractivity contribution in [3.8, 4) is 11.5 Å². The molecule has 0 heterocycles. The Bertz CT molecular complexity index is 528. The maximum absolute atomic E-state index is 11.8. The summed E-state index contributed by atoms with van der Waals surface area (Å²) in [6, 6.07) is 5.60. The molecule has 2 aliphatic carbocycles. The average molecular weight is 290 g/mol. The quantitative estimate of drug-likeness (QED) is 0.901. The fourth-order valence-corrected chi connectivity index (χ4v) is 3.48. The molecule has 1 N–H and O–H groups in total. The molecule has 2 saturated carbocycles. The summed E-state index contributed by atoms with van der Waals surface area (Å²) in [6.45, 7) is 0. The minimum absolute atomic E-state index is 0.186. The second-order valence-corrected chi connectivity index (χ2v) is 6.10. The highest BCUT2D eigenvalue weighted by molar-refractivity contribution is 5.84. The largest absolute Gasteiger partial charge is 0.493 e. The summed E-state index contributed by atoms with van der Waals surface area (Å²) < 4.78 is 11.6. The number of carboxylic acid groups (broad SMARTS) is 1. The van der Waals surface area contributed by atoms with Gasteiger partial charge in [0.05, 0.1) is 18.6 Å². The zero-order valence-corrected chi connectivity index (χ0v) is 12.4. The molecular weight excluding hydrogens is 268 g/mol. The van der Waals surface area contributed by atoms with Gasteiger partial charge in [-0.1, -0.05) is 18.6 Å². The van der Waals surface area contributed by atoms with Gasteiger partial charge in [-0.2, -0.15) is 0 Å². The highest BCUT2D eigenvalue weighted by Gasteiger charge is 2.48. The Morgan fingerprint density at radius 1 is 1.24 bits per heavy atom. The molecule has 2 fully saturated rings. The molecule has 1 aromatic rings. The maximum atomic E-state index is 11.8. The number of hydrogen-bond acceptors (Lipinski definition) is 3. The molecule has 4 heteroatoms. The van der Waals surface area contributed by atoms with Crippen molar-refractivity contribution in [2.75, 3.05) is 7.11 Å². The van der Waals surface area contributed by atoms with Crippen LogP contribution in [0.5, 0.6) is 11.5 Å². The molecule has 0 bridgehead atoms. The van der Waals surface area contributed by atoms with Crippen molar-refractivity contribution in [3.05, 3.63) is 23.8 Å². The summed E-state index contributed by atoms with van der Waals surface area (Å²) in [5.74, 6) is 0.541. The number of carboxylic acids is 1. The van der Waals surface area contributed by atoms with Gasteiger partial charge in [-0.25, -0.2) is 0 Å². The first kappa shape index (κ1) is 14.2. The molecule has 3 rings (SSSR count). The molecule has 4 nitrogen and oxygen atoms in total. The lowest BCUT2D eigenvalue weighted by Crippen LogP contribution is -2.42. The Balaban J connectivity index is 2.00. The summed E-state index contributed by atoms with van der Waals surface area (Å²) in [4.78, 5) is 11.8. The molecule has 1 aromatic carbocycles. The first-order chi connectivity index (χ1) is 10.2. The van der Waals surface area contributed by atoms with Crippen molar-refractivity contribution < 1.29 is 19.4 Å². The Kier molecular flexibility index (Phi) is 3.79. The van der Waals surface area contributed by atoms with Gasteiger partial charge in [0.15, 0.2) is 11.5 Å². The zero-order chi connectivity index (χ0) is 14.9. The highest BCUT2D eigenvalue weighted by Crippen LogP contribution is 2.50. The molecule has 0 radical (unpaired) electrons. The van der Waals surface area contributed by atoms with Crippen molar-refractivity contribution in [3.63, 3.8) is 0 Å². The van der Waals surface area contributed by atoms with E-state index in [4.69, 9.17) is 9.47 Å². The van der Waals surface area contributed by atoms with Crippen molar-refractivity contribution in [1.29, 1.82) is 0 Å². The van der Waals surface area contributed by atoms with Crippen molar-refractivity contribution >= 4 is 5.97 Å². The van der Waals surface area contributed by atoms with E-state index in [1.807, 2.05) is 18.2 Å². The van der Waals surface area contributed by atoms with Gasteiger partial charge in [-0.3, -0.25) is 4.79 Å². The second kappa shape index (κ2) is 5.58. The average Bonchev–Trinajstić information content (AvgIpc) is 2.91. The van der Waals surface area contributed by atoms with Crippen LogP contribution in [0.15, 0.2) is 18.2 Å². The standard InChI is InChI=1S/C17H22O4/c1-20-14-9-4-8-13(17(16(18)19)10-5-11-17)15(14)21-12-6-2-3-7-12/h4,8-9,12H,2-3,5-7,10-11H2,1H3,(H,18,19). The lowest BCUT2D eigenvalue weighted by atomic mass is 9.64. The number of aliphatic carboxylic acids is 1. The van der Waals surface area contributed by atoms with Gasteiger partial charge >= 0.3 is 5.97 Å². The first-order valence-electron chi connectivity index (χ1n) is 7.75. The highest BCUT2D eigenvalue weighted by atomic mass is 16.5. The minimum atomic E-state index is -0.789. The number of para-hydroxylation sites is 1. The molecule has 0 aliphatic heterocycles. The molecule has 0 saturated heterocycles. The van der Waals surface area contributed by atoms with Gasteiger partial charge in [-0.15, -0.1) is 0 Å². The molecule has 0 atom stereocenters. The second-order valence-electron chi connectivity index (χ2n) is 6.10. The first-order valence-corrected chi connectivity index (χ1v) is 7.75. The molecule has 0 aromatic heterocycles. The monoisotopic (exact) mass is 290 g/mol. The number of benzene rings is 1. The van der Waals surface area contributed by atoms with E-state index in [9.17, 15) is 9.90 Å². The van der Waals surface area contributed by atoms with Crippen LogP contribution >= 0.6 is 0 Å². The Morgan fingerprint density at radius 2 is 1.95 bits per heavy atom. The zero-order valence-electron chi connectivity index (χ0n) is 12.4. The van der Waals surface area contributed by atoms with Crippen LogP contribution in [0, 0.1) is 0 Å². The lowest BCUT2D eigenvalue weighted by Gasteiger charge is -2.39. The number of ether oxygens (including phenoxy) is 2. The van der Waals surface area contributed by atoms with Gasteiger partial charge in [0, 0.05) is 5.56 Å². The Morgan fingerprint density at radius 3 is 2.48 bits per heavy atom. The van der Waals surface area contributed by atoms with E-state index in [1.165, 1.54) is 12.8 Å². The summed E-state index contributed by atoms with van der Waals surface area (Å²) >= 11 is 0. The number of hydrogen-bond donors (Lipinski definition) is 1. The fourth-order valence-electron chi connectivity index (χ4n) is 3.48. The van der Waals surface area contributed by atoms with Crippen LogP contribution in [-0.4, -0.2) is 24.3 Å². The van der Waals surface area contributed by atoms with Crippen LogP contribution in [0.2, 0.25) is 0 Å². The summed E-state index contributed by atoms with van der Waals surface area (Å²) in [5.41, 5.74) is -0.00449. The van der Waals surface area contributed by atoms with E-state index in [1.54, 1.807) is 7.11 Å². The minimum Gasteiger partial charge on any atom is -0.493 e. The Labute approximate surface area is 125 Å². The lowest BCUT2D eigenvalue weighted by molar-refractivity contribution is -0.147. The van der Waals surface area contributed by atoms with E-state index >= 15 is 0 Å². The molecular formula is C17H22O4. The SMILES string of the molecule is COc1cccc(C2(C(=O)O)CCC2)c1OC1CCCC1. The molecule has 2 aliphatic rings. The fraction of sp³-hybridized carbons (Fsp3) is 0.588. The summed E-state index contributed by atoms with van der Waals surface area (Å²) in [7, 11) is 1.61. The number of methoxy groups -OCH3 is 1. The topological polar surface area (TPSA) is 55.8 Å². The van der Waals surface area contributed by atoms with Gasteiger partial charge < -0.3 is 14.6 Å². The normalized spacial score (nSPS) is 20.8. The summed E-state index contributed by atoms with van der Waals surface area (Å²) in [6.07, 6.45) is 6.93. The van der Waals surface area contributed by atoms with Gasteiger partial charge in [-0.05, 0) is 44.6 Å². The third-order valence-electron chi connectivity index (χ3n) is 4.92. The molecule has 21 heavy (non-hydrogen) atoms. The van der Waals surface area contributed by atoms with Crippen LogP contribution in [0.25, 0.3) is 0 Å². The van der Waals surface area contributed by atoms with Crippen LogP contribution < -0.4 is 9.47 Å². The van der Waals surface area contributed by atoms with E-state index in [0.29, 0.717) is 24.3 Å². The van der Waals surface area contributed by atoms with Crippen molar-refractivity contribution in [2.45, 2.75) is 56.5 Å². The summed E-state index contributed by atoms with van der Waals surface area (Å²) in [5, 5.41) is 9.69.